The minimum absolute atomic E-state index is 0.0323. The molecule has 2 heterocycles. The molecule has 0 spiro atoms. The Morgan fingerprint density at radius 2 is 1.91 bits per heavy atom. The number of nitrogens with one attached hydrogen (secondary N) is 1. The zero-order valence-electron chi connectivity index (χ0n) is 17.8. The maximum atomic E-state index is 13.3. The average molecular weight is 457 g/mol. The van der Waals surface area contributed by atoms with Crippen molar-refractivity contribution in [3.05, 3.63) is 57.1 Å². The van der Waals surface area contributed by atoms with E-state index in [1.165, 1.54) is 12.1 Å². The van der Waals surface area contributed by atoms with Crippen molar-refractivity contribution in [1.82, 2.24) is 0 Å². The van der Waals surface area contributed by atoms with Gasteiger partial charge >= 0.3 is 0 Å². The number of hydrogen-bond donors (Lipinski definition) is 1. The summed E-state index contributed by atoms with van der Waals surface area (Å²) in [6, 6.07) is 9.43. The number of anilines is 3. The average Bonchev–Trinajstić information content (AvgIpc) is 3.21. The number of carbonyl (C=O) groups excluding carboxylic acids is 2. The van der Waals surface area contributed by atoms with E-state index in [1.807, 2.05) is 0 Å². The number of nitro groups is 1. The van der Waals surface area contributed by atoms with Crippen LogP contribution in [0.25, 0.3) is 0 Å². The van der Waals surface area contributed by atoms with Crippen molar-refractivity contribution in [1.29, 1.82) is 0 Å². The van der Waals surface area contributed by atoms with Crippen molar-refractivity contribution >= 4 is 46.2 Å². The highest BCUT2D eigenvalue weighted by molar-refractivity contribution is 6.34. The van der Waals surface area contributed by atoms with Crippen LogP contribution in [0.5, 0.6) is 0 Å². The molecule has 0 aliphatic carbocycles. The molecule has 2 aliphatic rings. The van der Waals surface area contributed by atoms with Gasteiger partial charge in [-0.1, -0.05) is 18.5 Å². The fraction of sp³-hybridized carbons (Fsp3) is 0.391. The fourth-order valence-electron chi connectivity index (χ4n) is 4.23. The maximum Gasteiger partial charge on any atom is 0.270 e. The molecule has 168 valence electrons. The molecule has 0 saturated carbocycles. The van der Waals surface area contributed by atoms with Crippen molar-refractivity contribution in [3.8, 4) is 0 Å². The second-order valence-electron chi connectivity index (χ2n) is 8.40. The first-order valence-electron chi connectivity index (χ1n) is 10.8. The van der Waals surface area contributed by atoms with Gasteiger partial charge in [-0.15, -0.1) is 0 Å². The molecular formula is C23H25ClN4O4. The van der Waals surface area contributed by atoms with Crippen LogP contribution < -0.4 is 15.1 Å². The van der Waals surface area contributed by atoms with E-state index in [1.54, 1.807) is 29.2 Å². The van der Waals surface area contributed by atoms with Crippen molar-refractivity contribution in [3.63, 3.8) is 0 Å². The Kier molecular flexibility index (Phi) is 6.32. The zero-order valence-corrected chi connectivity index (χ0v) is 18.6. The molecule has 9 heteroatoms. The number of amides is 2. The smallest absolute Gasteiger partial charge is 0.270 e. The molecule has 8 nitrogen and oxygen atoms in total. The highest BCUT2D eigenvalue weighted by atomic mass is 35.5. The number of piperidine rings is 1. The van der Waals surface area contributed by atoms with Gasteiger partial charge in [0.1, 0.15) is 0 Å². The van der Waals surface area contributed by atoms with E-state index in [9.17, 15) is 19.7 Å². The Labute approximate surface area is 191 Å². The summed E-state index contributed by atoms with van der Waals surface area (Å²) >= 11 is 6.32. The van der Waals surface area contributed by atoms with Gasteiger partial charge in [-0.05, 0) is 49.4 Å². The Morgan fingerprint density at radius 1 is 1.16 bits per heavy atom. The third-order valence-corrected chi connectivity index (χ3v) is 6.47. The van der Waals surface area contributed by atoms with Crippen LogP contribution >= 0.6 is 11.6 Å². The van der Waals surface area contributed by atoms with Gasteiger partial charge in [0.05, 0.1) is 26.9 Å². The summed E-state index contributed by atoms with van der Waals surface area (Å²) in [5, 5.41) is 14.5. The summed E-state index contributed by atoms with van der Waals surface area (Å²) in [7, 11) is 0. The summed E-state index contributed by atoms with van der Waals surface area (Å²) in [5.74, 6) is 0.162. The number of hydrogen-bond acceptors (Lipinski definition) is 5. The SMILES string of the molecule is CC1CCN(c2ccc([N+](=O)[O-])cc2C(=O)Nc2cc(N3CCCC3=O)ccc2Cl)CC1. The molecule has 2 saturated heterocycles. The fourth-order valence-corrected chi connectivity index (χ4v) is 4.40. The van der Waals surface area contributed by atoms with Crippen molar-refractivity contribution in [2.45, 2.75) is 32.6 Å². The van der Waals surface area contributed by atoms with Gasteiger partial charge in [-0.3, -0.25) is 19.7 Å². The van der Waals surface area contributed by atoms with Crippen LogP contribution in [0, 0.1) is 16.0 Å². The largest absolute Gasteiger partial charge is 0.371 e. The summed E-state index contributed by atoms with van der Waals surface area (Å²) in [4.78, 5) is 40.0. The molecule has 2 aliphatic heterocycles. The maximum absolute atomic E-state index is 13.3. The monoisotopic (exact) mass is 456 g/mol. The molecule has 32 heavy (non-hydrogen) atoms. The number of non-ortho nitro benzene ring substituents is 1. The number of nitro benzene ring substituents is 1. The summed E-state index contributed by atoms with van der Waals surface area (Å²) in [6.07, 6.45) is 3.27. The van der Waals surface area contributed by atoms with Gasteiger partial charge in [0.25, 0.3) is 11.6 Å². The molecule has 0 bridgehead atoms. The standard InChI is InChI=1S/C23H25ClN4O4/c1-15-8-11-26(12-9-15)21-7-5-17(28(31)32)13-18(21)23(30)25-20-14-16(4-6-19(20)24)27-10-2-3-22(27)29/h4-7,13-15H,2-3,8-12H2,1H3,(H,25,30). The van der Waals surface area contributed by atoms with Gasteiger partial charge in [0.15, 0.2) is 0 Å². The van der Waals surface area contributed by atoms with E-state index in [2.05, 4.69) is 17.1 Å². The first-order chi connectivity index (χ1) is 15.3. The Balaban J connectivity index is 1.64. The molecule has 1 N–H and O–H groups in total. The van der Waals surface area contributed by atoms with Crippen LogP contribution in [0.1, 0.15) is 43.0 Å². The van der Waals surface area contributed by atoms with E-state index in [4.69, 9.17) is 11.6 Å². The molecule has 2 aromatic rings. The minimum atomic E-state index is -0.509. The third-order valence-electron chi connectivity index (χ3n) is 6.14. The van der Waals surface area contributed by atoms with E-state index in [-0.39, 0.29) is 17.2 Å². The number of benzene rings is 2. The van der Waals surface area contributed by atoms with Crippen molar-refractivity contribution in [2.24, 2.45) is 5.92 Å². The second kappa shape index (κ2) is 9.16. The topological polar surface area (TPSA) is 95.8 Å². The van der Waals surface area contributed by atoms with Crippen molar-refractivity contribution < 1.29 is 14.5 Å². The lowest BCUT2D eigenvalue weighted by Gasteiger charge is -2.33. The van der Waals surface area contributed by atoms with Gasteiger partial charge in [0, 0.05) is 43.9 Å². The Morgan fingerprint density at radius 3 is 2.56 bits per heavy atom. The minimum Gasteiger partial charge on any atom is -0.371 e. The van der Waals surface area contributed by atoms with Crippen molar-refractivity contribution in [2.75, 3.05) is 34.8 Å². The quantitative estimate of drug-likeness (QED) is 0.511. The normalized spacial score (nSPS) is 17.0. The molecular weight excluding hydrogens is 432 g/mol. The predicted octanol–water partition coefficient (Wildman–Crippen LogP) is 4.86. The number of carbonyl (C=O) groups is 2. The third kappa shape index (κ3) is 4.55. The molecule has 0 radical (unpaired) electrons. The number of rotatable bonds is 5. The predicted molar refractivity (Wildman–Crippen MR) is 125 cm³/mol. The highest BCUT2D eigenvalue weighted by Crippen LogP contribution is 2.33. The zero-order chi connectivity index (χ0) is 22.8. The second-order valence-corrected chi connectivity index (χ2v) is 8.80. The van der Waals surface area contributed by atoms with E-state index < -0.39 is 10.8 Å². The van der Waals surface area contributed by atoms with Crippen LogP contribution in [0.2, 0.25) is 5.02 Å². The van der Waals surface area contributed by atoms with Crippen LogP contribution in [0.4, 0.5) is 22.7 Å². The molecule has 0 unspecified atom stereocenters. The first-order valence-corrected chi connectivity index (χ1v) is 11.2. The number of halogens is 1. The molecule has 2 amide bonds. The van der Waals surface area contributed by atoms with Gasteiger partial charge < -0.3 is 15.1 Å². The molecule has 2 aromatic carbocycles. The van der Waals surface area contributed by atoms with E-state index >= 15 is 0 Å². The lowest BCUT2D eigenvalue weighted by Crippen LogP contribution is -2.34. The van der Waals surface area contributed by atoms with Gasteiger partial charge in [-0.25, -0.2) is 0 Å². The van der Waals surface area contributed by atoms with Crippen LogP contribution in [0.3, 0.4) is 0 Å². The van der Waals surface area contributed by atoms with Gasteiger partial charge in [-0.2, -0.15) is 0 Å². The summed E-state index contributed by atoms with van der Waals surface area (Å²) in [5.41, 5.74) is 1.77. The summed E-state index contributed by atoms with van der Waals surface area (Å²) in [6.45, 7) is 4.39. The van der Waals surface area contributed by atoms with Crippen LogP contribution in [-0.4, -0.2) is 36.4 Å². The lowest BCUT2D eigenvalue weighted by molar-refractivity contribution is -0.384. The molecule has 4 rings (SSSR count). The Hall–Kier alpha value is -3.13. The Bertz CT molecular complexity index is 1070. The molecule has 0 atom stereocenters. The summed E-state index contributed by atoms with van der Waals surface area (Å²) < 4.78 is 0. The highest BCUT2D eigenvalue weighted by Gasteiger charge is 2.25. The van der Waals surface area contributed by atoms with Gasteiger partial charge in [0.2, 0.25) is 5.91 Å². The van der Waals surface area contributed by atoms with E-state index in [0.29, 0.717) is 41.0 Å². The lowest BCUT2D eigenvalue weighted by atomic mass is 9.98. The van der Waals surface area contributed by atoms with Crippen LogP contribution in [0.15, 0.2) is 36.4 Å². The first kappa shape index (κ1) is 22.1. The van der Waals surface area contributed by atoms with E-state index in [0.717, 1.165) is 32.4 Å². The van der Waals surface area contributed by atoms with Crippen LogP contribution in [-0.2, 0) is 4.79 Å². The number of nitrogens with zero attached hydrogens (tertiary/aromatic N) is 3. The molecule has 2 fully saturated rings. The molecule has 0 aromatic heterocycles.